The maximum atomic E-state index is 15.1. The van der Waals surface area contributed by atoms with E-state index in [1.807, 2.05) is 7.05 Å². The van der Waals surface area contributed by atoms with Crippen LogP contribution in [0.15, 0.2) is 17.1 Å². The fourth-order valence-electron chi connectivity index (χ4n) is 3.05. The molecular weight excluding hydrogens is 370 g/mol. The first kappa shape index (κ1) is 21.6. The smallest absolute Gasteiger partial charge is 0.341 e. The Labute approximate surface area is 162 Å². The molecule has 1 aromatic carbocycles. The Morgan fingerprint density at radius 3 is 2.29 bits per heavy atom. The molecule has 2 aromatic rings. The molecule has 2 N–H and O–H groups in total. The normalized spacial score (nSPS) is 14.6. The van der Waals surface area contributed by atoms with Crippen molar-refractivity contribution in [1.29, 1.82) is 0 Å². The maximum Gasteiger partial charge on any atom is 0.341 e. The van der Waals surface area contributed by atoms with Gasteiger partial charge in [0, 0.05) is 39.4 Å². The van der Waals surface area contributed by atoms with Crippen molar-refractivity contribution in [3.05, 3.63) is 39.7 Å². The number of rotatable bonds is 3. The van der Waals surface area contributed by atoms with E-state index in [2.05, 4.69) is 24.2 Å². The van der Waals surface area contributed by atoms with Crippen LogP contribution in [0, 0.1) is 11.6 Å². The maximum absolute atomic E-state index is 15.1. The van der Waals surface area contributed by atoms with E-state index in [-0.39, 0.29) is 16.6 Å². The number of nitrogens with one attached hydrogen (secondary N) is 1. The number of carboxylic acids is 1. The van der Waals surface area contributed by atoms with Gasteiger partial charge in [0.2, 0.25) is 5.43 Å². The topological polar surface area (TPSA) is 77.8 Å². The van der Waals surface area contributed by atoms with E-state index >= 15 is 4.39 Å². The molecule has 9 heteroatoms. The molecule has 28 heavy (non-hydrogen) atoms. The van der Waals surface area contributed by atoms with Crippen LogP contribution in [-0.4, -0.2) is 60.9 Å². The number of aromatic carboxylic acids is 1. The van der Waals surface area contributed by atoms with Gasteiger partial charge >= 0.3 is 5.97 Å². The van der Waals surface area contributed by atoms with Crippen LogP contribution in [0.4, 0.5) is 14.5 Å². The minimum Gasteiger partial charge on any atom is -0.477 e. The van der Waals surface area contributed by atoms with Crippen LogP contribution in [0.3, 0.4) is 0 Å². The highest BCUT2D eigenvalue weighted by molar-refractivity contribution is 5.94. The van der Waals surface area contributed by atoms with Gasteiger partial charge < -0.3 is 20.3 Å². The molecule has 0 aliphatic carbocycles. The molecule has 1 fully saturated rings. The minimum atomic E-state index is -1.46. The molecule has 0 unspecified atom stereocenters. The summed E-state index contributed by atoms with van der Waals surface area (Å²) in [7, 11) is 3.38. The van der Waals surface area contributed by atoms with Crippen LogP contribution in [0.5, 0.6) is 0 Å². The van der Waals surface area contributed by atoms with Crippen molar-refractivity contribution in [2.45, 2.75) is 20.3 Å². The monoisotopic (exact) mass is 396 g/mol. The number of carboxylic acid groups (broad SMARTS) is 1. The van der Waals surface area contributed by atoms with E-state index < -0.39 is 28.6 Å². The van der Waals surface area contributed by atoms with Gasteiger partial charge in [-0.05, 0) is 13.1 Å². The lowest BCUT2D eigenvalue weighted by Crippen LogP contribution is -2.45. The van der Waals surface area contributed by atoms with Crippen molar-refractivity contribution in [1.82, 2.24) is 9.58 Å². The molecule has 7 nitrogen and oxygen atoms in total. The van der Waals surface area contributed by atoms with Crippen molar-refractivity contribution in [2.75, 3.05) is 50.6 Å². The van der Waals surface area contributed by atoms with E-state index in [9.17, 15) is 14.0 Å². The highest BCUT2D eigenvalue weighted by Crippen LogP contribution is 2.30. The number of carbonyl (C=O) groups is 1. The molecule has 154 valence electrons. The zero-order valence-corrected chi connectivity index (χ0v) is 16.6. The number of hydrogen-bond acceptors (Lipinski definition) is 5. The number of hydrogen-bond donors (Lipinski definition) is 2. The number of nitrogens with zero attached hydrogens (tertiary/aromatic N) is 3. The SMILES string of the molecule is CCC.CNn1cc(C(=O)O)c(=O)c2cc(F)c(N3CCN(C)CC3)c(F)c21. The molecule has 1 aliphatic heterocycles. The molecule has 0 spiro atoms. The lowest BCUT2D eigenvalue weighted by atomic mass is 10.1. The van der Waals surface area contributed by atoms with Crippen LogP contribution in [-0.2, 0) is 0 Å². The third kappa shape index (κ3) is 4.09. The summed E-state index contributed by atoms with van der Waals surface area (Å²) in [4.78, 5) is 27.2. The van der Waals surface area contributed by atoms with E-state index in [0.29, 0.717) is 26.2 Å². The van der Waals surface area contributed by atoms with Crippen LogP contribution >= 0.6 is 0 Å². The number of anilines is 1. The molecule has 0 amide bonds. The van der Waals surface area contributed by atoms with Crippen LogP contribution in [0.25, 0.3) is 10.9 Å². The number of pyridine rings is 1. The average Bonchev–Trinajstić information content (AvgIpc) is 2.64. The first-order valence-electron chi connectivity index (χ1n) is 9.18. The Bertz CT molecular complexity index is 922. The van der Waals surface area contributed by atoms with Gasteiger partial charge in [0.05, 0.1) is 5.39 Å². The standard InChI is InChI=1S/C16H18F2N4O3.C3H8/c1-19-22-8-10(16(24)25)15(23)9-7-11(17)14(12(18)13(9)22)21-5-3-20(2)4-6-21;1-3-2/h7-8,19H,3-6H2,1-2H3,(H,24,25);3H2,1-2H3. The summed E-state index contributed by atoms with van der Waals surface area (Å²) in [6, 6.07) is 0.911. The highest BCUT2D eigenvalue weighted by Gasteiger charge is 2.26. The van der Waals surface area contributed by atoms with E-state index in [4.69, 9.17) is 5.11 Å². The van der Waals surface area contributed by atoms with Crippen LogP contribution in [0.2, 0.25) is 0 Å². The Morgan fingerprint density at radius 2 is 1.79 bits per heavy atom. The van der Waals surface area contributed by atoms with Crippen molar-refractivity contribution >= 4 is 22.6 Å². The van der Waals surface area contributed by atoms with Gasteiger partial charge in [0.1, 0.15) is 22.6 Å². The fourth-order valence-corrected chi connectivity index (χ4v) is 3.05. The summed E-state index contributed by atoms with van der Waals surface area (Å²) in [6.07, 6.45) is 2.25. The van der Waals surface area contributed by atoms with Gasteiger partial charge in [-0.2, -0.15) is 0 Å². The van der Waals surface area contributed by atoms with Gasteiger partial charge in [-0.25, -0.2) is 13.6 Å². The Hall–Kier alpha value is -2.68. The lowest BCUT2D eigenvalue weighted by Gasteiger charge is -2.34. The molecule has 2 heterocycles. The fraction of sp³-hybridized carbons (Fsp3) is 0.474. The average molecular weight is 396 g/mol. The van der Waals surface area contributed by atoms with Crippen molar-refractivity contribution in [2.24, 2.45) is 0 Å². The largest absolute Gasteiger partial charge is 0.477 e. The molecule has 1 aliphatic rings. The molecular formula is C19H26F2N4O3. The third-order valence-corrected chi connectivity index (χ3v) is 4.45. The van der Waals surface area contributed by atoms with Crippen LogP contribution in [0.1, 0.15) is 30.6 Å². The quantitative estimate of drug-likeness (QED) is 0.829. The number of halogens is 2. The minimum absolute atomic E-state index is 0.173. The summed E-state index contributed by atoms with van der Waals surface area (Å²) in [6.45, 7) is 6.47. The zero-order valence-electron chi connectivity index (χ0n) is 16.6. The summed E-state index contributed by atoms with van der Waals surface area (Å²) in [5.74, 6) is -3.22. The number of piperazine rings is 1. The number of aromatic nitrogens is 1. The number of likely N-dealkylation sites (N-methyl/N-ethyl adjacent to an activating group) is 1. The Morgan fingerprint density at radius 1 is 1.21 bits per heavy atom. The van der Waals surface area contributed by atoms with Gasteiger partial charge in [0.25, 0.3) is 0 Å². The summed E-state index contributed by atoms with van der Waals surface area (Å²) < 4.78 is 30.8. The lowest BCUT2D eigenvalue weighted by molar-refractivity contribution is 0.0695. The first-order chi connectivity index (χ1) is 13.3. The van der Waals surface area contributed by atoms with Crippen molar-refractivity contribution in [3.8, 4) is 0 Å². The number of benzene rings is 1. The summed E-state index contributed by atoms with van der Waals surface area (Å²) in [5.41, 5.74) is 0.758. The third-order valence-electron chi connectivity index (χ3n) is 4.45. The molecule has 1 aromatic heterocycles. The van der Waals surface area contributed by atoms with Crippen molar-refractivity contribution in [3.63, 3.8) is 0 Å². The second kappa shape index (κ2) is 9.01. The number of fused-ring (bicyclic) bond motifs is 1. The Kier molecular flexibility index (Phi) is 6.95. The first-order valence-corrected chi connectivity index (χ1v) is 9.18. The Balaban J connectivity index is 0.000000878. The van der Waals surface area contributed by atoms with Gasteiger partial charge in [-0.15, -0.1) is 0 Å². The van der Waals surface area contributed by atoms with E-state index in [1.54, 1.807) is 4.90 Å². The van der Waals surface area contributed by atoms with Crippen molar-refractivity contribution < 1.29 is 18.7 Å². The molecule has 1 saturated heterocycles. The zero-order chi connectivity index (χ0) is 21.0. The predicted octanol–water partition coefficient (Wildman–Crippen LogP) is 2.32. The summed E-state index contributed by atoms with van der Waals surface area (Å²) in [5, 5.41) is 8.81. The predicted molar refractivity (Wildman–Crippen MR) is 106 cm³/mol. The second-order valence-corrected chi connectivity index (χ2v) is 6.69. The van der Waals surface area contributed by atoms with Gasteiger partial charge in [-0.3, -0.25) is 9.47 Å². The molecule has 0 atom stereocenters. The van der Waals surface area contributed by atoms with E-state index in [1.165, 1.54) is 13.5 Å². The van der Waals surface area contributed by atoms with Gasteiger partial charge in [0.15, 0.2) is 5.82 Å². The molecule has 3 rings (SSSR count). The summed E-state index contributed by atoms with van der Waals surface area (Å²) >= 11 is 0. The molecule has 0 bridgehead atoms. The van der Waals surface area contributed by atoms with E-state index in [0.717, 1.165) is 16.9 Å². The van der Waals surface area contributed by atoms with Gasteiger partial charge in [-0.1, -0.05) is 20.3 Å². The highest BCUT2D eigenvalue weighted by atomic mass is 19.1. The molecule has 0 radical (unpaired) electrons. The van der Waals surface area contributed by atoms with Crippen LogP contribution < -0.4 is 15.8 Å². The second-order valence-electron chi connectivity index (χ2n) is 6.69. The molecule has 0 saturated carbocycles.